The van der Waals surface area contributed by atoms with Crippen molar-refractivity contribution in [2.75, 3.05) is 5.32 Å². The molecule has 1 amide bonds. The first-order chi connectivity index (χ1) is 15.5. The van der Waals surface area contributed by atoms with Crippen molar-refractivity contribution in [1.29, 1.82) is 0 Å². The summed E-state index contributed by atoms with van der Waals surface area (Å²) in [7, 11) is 0. The molecule has 0 saturated heterocycles. The standard InChI is InChI=1S/C22H17ClN4O5/c23-16-5-3-4-15(12-16)13-26-11-10-21(25-26)24-22(28)20-9-8-17(32-20)14-31-19-7-2-1-6-18(19)27(29)30/h1-12H,13-14H2,(H,24,25,28). The summed E-state index contributed by atoms with van der Waals surface area (Å²) in [4.78, 5) is 23.0. The van der Waals surface area contributed by atoms with Crippen LogP contribution in [0.5, 0.6) is 5.75 Å². The van der Waals surface area contributed by atoms with Crippen LogP contribution in [0.2, 0.25) is 5.02 Å². The molecule has 2 heterocycles. The first kappa shape index (κ1) is 21.1. The van der Waals surface area contributed by atoms with Gasteiger partial charge in [0.15, 0.2) is 17.3 Å². The third-order valence-electron chi connectivity index (χ3n) is 4.43. The number of hydrogen-bond donors (Lipinski definition) is 1. The van der Waals surface area contributed by atoms with Gasteiger partial charge in [-0.15, -0.1) is 0 Å². The van der Waals surface area contributed by atoms with Crippen LogP contribution in [0.4, 0.5) is 11.5 Å². The van der Waals surface area contributed by atoms with Crippen LogP contribution >= 0.6 is 11.6 Å². The topological polar surface area (TPSA) is 112 Å². The molecular formula is C22H17ClN4O5. The number of hydrogen-bond acceptors (Lipinski definition) is 6. The molecule has 0 saturated carbocycles. The van der Waals surface area contributed by atoms with E-state index in [4.69, 9.17) is 20.8 Å². The Hall–Kier alpha value is -4.11. The Morgan fingerprint density at radius 1 is 1.16 bits per heavy atom. The van der Waals surface area contributed by atoms with Gasteiger partial charge in [-0.05, 0) is 35.9 Å². The molecule has 0 bridgehead atoms. The van der Waals surface area contributed by atoms with Crippen molar-refractivity contribution >= 4 is 29.0 Å². The van der Waals surface area contributed by atoms with Crippen LogP contribution in [-0.4, -0.2) is 20.6 Å². The van der Waals surface area contributed by atoms with Crippen LogP contribution < -0.4 is 10.1 Å². The number of rotatable bonds is 8. The van der Waals surface area contributed by atoms with Crippen LogP contribution in [-0.2, 0) is 13.2 Å². The molecule has 0 atom stereocenters. The number of halogens is 1. The van der Waals surface area contributed by atoms with E-state index in [9.17, 15) is 14.9 Å². The summed E-state index contributed by atoms with van der Waals surface area (Å²) < 4.78 is 12.6. The second kappa shape index (κ2) is 9.36. The maximum Gasteiger partial charge on any atom is 0.310 e. The minimum atomic E-state index is -0.526. The van der Waals surface area contributed by atoms with Gasteiger partial charge in [0.05, 0.1) is 11.5 Å². The van der Waals surface area contributed by atoms with Gasteiger partial charge in [0, 0.05) is 23.4 Å². The van der Waals surface area contributed by atoms with Gasteiger partial charge in [-0.25, -0.2) is 0 Å². The summed E-state index contributed by atoms with van der Waals surface area (Å²) in [6.07, 6.45) is 1.74. The number of nitrogens with zero attached hydrogens (tertiary/aromatic N) is 3. The maximum atomic E-state index is 12.5. The summed E-state index contributed by atoms with van der Waals surface area (Å²) >= 11 is 6.00. The second-order valence-electron chi connectivity index (χ2n) is 6.76. The van der Waals surface area contributed by atoms with Crippen molar-refractivity contribution in [2.24, 2.45) is 0 Å². The molecule has 0 radical (unpaired) electrons. The van der Waals surface area contributed by atoms with Gasteiger partial charge in [0.1, 0.15) is 12.4 Å². The highest BCUT2D eigenvalue weighted by Crippen LogP contribution is 2.27. The molecule has 162 valence electrons. The zero-order valence-corrected chi connectivity index (χ0v) is 17.4. The number of carbonyl (C=O) groups excluding carboxylic acids is 1. The molecule has 2 aromatic heterocycles. The van der Waals surface area contributed by atoms with Gasteiger partial charge in [0.25, 0.3) is 5.91 Å². The molecule has 4 aromatic rings. The summed E-state index contributed by atoms with van der Waals surface area (Å²) in [5.41, 5.74) is 0.832. The van der Waals surface area contributed by atoms with Crippen LogP contribution in [0.1, 0.15) is 21.9 Å². The van der Waals surface area contributed by atoms with Gasteiger partial charge in [0.2, 0.25) is 0 Å². The first-order valence-corrected chi connectivity index (χ1v) is 9.90. The number of benzene rings is 2. The highest BCUT2D eigenvalue weighted by Gasteiger charge is 2.16. The van der Waals surface area contributed by atoms with Crippen LogP contribution in [0, 0.1) is 10.1 Å². The summed E-state index contributed by atoms with van der Waals surface area (Å²) in [6, 6.07) is 18.2. The Bertz CT molecular complexity index is 1270. The zero-order chi connectivity index (χ0) is 22.5. The molecule has 0 spiro atoms. The maximum absolute atomic E-state index is 12.5. The lowest BCUT2D eigenvalue weighted by Gasteiger charge is -2.04. The SMILES string of the molecule is O=C(Nc1ccn(Cc2cccc(Cl)c2)n1)c1ccc(COc2ccccc2[N+](=O)[O-])o1. The molecule has 0 aliphatic carbocycles. The van der Waals surface area contributed by atoms with Crippen molar-refractivity contribution in [2.45, 2.75) is 13.2 Å². The van der Waals surface area contributed by atoms with Crippen LogP contribution in [0.25, 0.3) is 0 Å². The van der Waals surface area contributed by atoms with E-state index in [2.05, 4.69) is 10.4 Å². The number of anilines is 1. The molecular weight excluding hydrogens is 436 g/mol. The number of ether oxygens (including phenoxy) is 1. The van der Waals surface area contributed by atoms with E-state index in [-0.39, 0.29) is 23.8 Å². The third-order valence-corrected chi connectivity index (χ3v) is 4.67. The van der Waals surface area contributed by atoms with Gasteiger partial charge in [-0.2, -0.15) is 5.10 Å². The number of furan rings is 1. The lowest BCUT2D eigenvalue weighted by atomic mass is 10.2. The fourth-order valence-corrected chi connectivity index (χ4v) is 3.19. The fourth-order valence-electron chi connectivity index (χ4n) is 2.97. The number of carbonyl (C=O) groups is 1. The molecule has 0 unspecified atom stereocenters. The Kier molecular flexibility index (Phi) is 6.18. The predicted molar refractivity (Wildman–Crippen MR) is 117 cm³/mol. The molecule has 0 aliphatic heterocycles. The Balaban J connectivity index is 1.35. The highest BCUT2D eigenvalue weighted by molar-refractivity contribution is 6.30. The van der Waals surface area contributed by atoms with E-state index in [0.717, 1.165) is 5.56 Å². The summed E-state index contributed by atoms with van der Waals surface area (Å²) in [5.74, 6) is 0.418. The Labute approximate surface area is 187 Å². The minimum absolute atomic E-state index is 0.0631. The van der Waals surface area contributed by atoms with Gasteiger partial charge >= 0.3 is 5.69 Å². The number of aromatic nitrogens is 2. The number of amides is 1. The van der Waals surface area contributed by atoms with Crippen LogP contribution in [0.3, 0.4) is 0 Å². The molecule has 9 nitrogen and oxygen atoms in total. The molecule has 32 heavy (non-hydrogen) atoms. The van der Waals surface area contributed by atoms with E-state index in [1.165, 1.54) is 18.2 Å². The quantitative estimate of drug-likeness (QED) is 0.300. The largest absolute Gasteiger partial charge is 0.479 e. The average Bonchev–Trinajstić information content (AvgIpc) is 3.42. The first-order valence-electron chi connectivity index (χ1n) is 9.52. The molecule has 0 fully saturated rings. The molecule has 4 rings (SSSR count). The third kappa shape index (κ3) is 5.13. The Morgan fingerprint density at radius 2 is 2.00 bits per heavy atom. The molecule has 10 heteroatoms. The van der Waals surface area contributed by atoms with Crippen molar-refractivity contribution < 1.29 is 18.9 Å². The van der Waals surface area contributed by atoms with Crippen LogP contribution in [0.15, 0.2) is 77.3 Å². The van der Waals surface area contributed by atoms with E-state index >= 15 is 0 Å². The van der Waals surface area contributed by atoms with Gasteiger partial charge in [-0.3, -0.25) is 19.6 Å². The smallest absolute Gasteiger partial charge is 0.310 e. The predicted octanol–water partition coefficient (Wildman–Crippen LogP) is 4.92. The van der Waals surface area contributed by atoms with E-state index < -0.39 is 10.8 Å². The zero-order valence-electron chi connectivity index (χ0n) is 16.6. The monoisotopic (exact) mass is 452 g/mol. The van der Waals surface area contributed by atoms with E-state index in [1.54, 1.807) is 41.2 Å². The Morgan fingerprint density at radius 3 is 2.81 bits per heavy atom. The van der Waals surface area contributed by atoms with Crippen molar-refractivity contribution in [3.05, 3.63) is 105 Å². The fraction of sp³-hybridized carbons (Fsp3) is 0.0909. The number of nitrogens with one attached hydrogen (secondary N) is 1. The lowest BCUT2D eigenvalue weighted by Crippen LogP contribution is -2.12. The summed E-state index contributed by atoms with van der Waals surface area (Å²) in [6.45, 7) is 0.441. The number of nitro groups is 1. The number of para-hydroxylation sites is 2. The van der Waals surface area contributed by atoms with Crippen molar-refractivity contribution in [3.8, 4) is 5.75 Å². The highest BCUT2D eigenvalue weighted by atomic mass is 35.5. The molecule has 0 aliphatic rings. The molecule has 2 aromatic carbocycles. The average molecular weight is 453 g/mol. The van der Waals surface area contributed by atoms with Crippen molar-refractivity contribution in [3.63, 3.8) is 0 Å². The number of nitro benzene ring substituents is 1. The summed E-state index contributed by atoms with van der Waals surface area (Å²) in [5, 5.41) is 18.7. The second-order valence-corrected chi connectivity index (χ2v) is 7.20. The molecule has 1 N–H and O–H groups in total. The lowest BCUT2D eigenvalue weighted by molar-refractivity contribution is -0.386. The van der Waals surface area contributed by atoms with E-state index in [1.807, 2.05) is 18.2 Å². The van der Waals surface area contributed by atoms with Gasteiger partial charge < -0.3 is 14.5 Å². The van der Waals surface area contributed by atoms with E-state index in [0.29, 0.717) is 23.1 Å². The normalized spacial score (nSPS) is 10.7. The van der Waals surface area contributed by atoms with Crippen molar-refractivity contribution in [1.82, 2.24) is 9.78 Å². The van der Waals surface area contributed by atoms with Gasteiger partial charge in [-0.1, -0.05) is 35.9 Å². The minimum Gasteiger partial charge on any atom is -0.479 e.